The van der Waals surface area contributed by atoms with Crippen LogP contribution in [0.3, 0.4) is 0 Å². The fraction of sp³-hybridized carbons (Fsp3) is 0.462. The van der Waals surface area contributed by atoms with Gasteiger partial charge in [0.2, 0.25) is 0 Å². The van der Waals surface area contributed by atoms with Gasteiger partial charge in [-0.15, -0.1) is 0 Å². The summed E-state index contributed by atoms with van der Waals surface area (Å²) in [5.74, 6) is -0.128. The molecule has 0 bridgehead atoms. The van der Waals surface area contributed by atoms with Gasteiger partial charge >= 0.3 is 0 Å². The zero-order valence-corrected chi connectivity index (χ0v) is 12.1. The van der Waals surface area contributed by atoms with E-state index in [2.05, 4.69) is 0 Å². The average molecular weight is 301 g/mol. The first-order chi connectivity index (χ1) is 9.32. The number of likely N-dealkylation sites (tertiary alicyclic amines) is 1. The van der Waals surface area contributed by atoms with Gasteiger partial charge in [0.1, 0.15) is 11.9 Å². The van der Waals surface area contributed by atoms with Crippen LogP contribution in [0.2, 0.25) is 0 Å². The number of benzene rings is 1. The number of hydrogen-bond acceptors (Lipinski definition) is 4. The van der Waals surface area contributed by atoms with Crippen molar-refractivity contribution in [3.05, 3.63) is 23.8 Å². The van der Waals surface area contributed by atoms with E-state index in [-0.39, 0.29) is 22.8 Å². The Morgan fingerprint density at radius 1 is 1.45 bits per heavy atom. The maximum absolute atomic E-state index is 13.2. The van der Waals surface area contributed by atoms with E-state index >= 15 is 0 Å². The Morgan fingerprint density at radius 2 is 2.15 bits per heavy atom. The van der Waals surface area contributed by atoms with E-state index in [4.69, 9.17) is 4.74 Å². The number of ether oxygens (including phenoxy) is 1. The number of methoxy groups -OCH3 is 1. The smallest absolute Gasteiger partial charge is 0.257 e. The van der Waals surface area contributed by atoms with Crippen LogP contribution in [0.5, 0.6) is 5.75 Å². The van der Waals surface area contributed by atoms with Crippen molar-refractivity contribution >= 4 is 15.7 Å². The van der Waals surface area contributed by atoms with E-state index in [0.29, 0.717) is 13.0 Å². The number of sulfone groups is 1. The number of hydrogen-bond donors (Lipinski definition) is 0. The molecule has 0 spiro atoms. The Morgan fingerprint density at radius 3 is 2.65 bits per heavy atom. The second-order valence-electron chi connectivity index (χ2n) is 4.77. The third-order valence-electron chi connectivity index (χ3n) is 3.25. The lowest BCUT2D eigenvalue weighted by Gasteiger charge is -2.17. The minimum absolute atomic E-state index is 0.0328. The van der Waals surface area contributed by atoms with Crippen molar-refractivity contribution < 1.29 is 22.3 Å². The van der Waals surface area contributed by atoms with E-state index < -0.39 is 21.9 Å². The summed E-state index contributed by atoms with van der Waals surface area (Å²) >= 11 is 0. The molecular formula is C13H16FNO4S. The molecule has 7 heteroatoms. The average Bonchev–Trinajstić information content (AvgIpc) is 2.82. The molecule has 1 aliphatic heterocycles. The molecule has 1 aliphatic rings. The van der Waals surface area contributed by atoms with Crippen LogP contribution in [0, 0.1) is 0 Å². The van der Waals surface area contributed by atoms with Crippen LogP contribution >= 0.6 is 0 Å². The van der Waals surface area contributed by atoms with Gasteiger partial charge in [-0.05, 0) is 24.6 Å². The summed E-state index contributed by atoms with van der Waals surface area (Å²) in [6.45, 7) is 0.358. The number of amides is 1. The molecule has 1 fully saturated rings. The number of nitrogens with zero attached hydrogens (tertiary/aromatic N) is 1. The molecular weight excluding hydrogens is 285 g/mol. The third-order valence-corrected chi connectivity index (χ3v) is 4.36. The second kappa shape index (κ2) is 5.40. The zero-order chi connectivity index (χ0) is 14.9. The van der Waals surface area contributed by atoms with Crippen molar-refractivity contribution in [1.82, 2.24) is 4.90 Å². The Bertz CT molecular complexity index is 629. The molecule has 110 valence electrons. The monoisotopic (exact) mass is 301 g/mol. The lowest BCUT2D eigenvalue weighted by Crippen LogP contribution is -2.29. The molecule has 1 atom stereocenters. The Kier molecular flexibility index (Phi) is 3.99. The normalized spacial score (nSPS) is 19.1. The first-order valence-corrected chi connectivity index (χ1v) is 8.03. The minimum Gasteiger partial charge on any atom is -0.496 e. The van der Waals surface area contributed by atoms with Gasteiger partial charge in [0.15, 0.2) is 9.84 Å². The summed E-state index contributed by atoms with van der Waals surface area (Å²) in [5, 5.41) is 0. The number of alkyl halides is 1. The van der Waals surface area contributed by atoms with Crippen LogP contribution in [-0.2, 0) is 9.84 Å². The summed E-state index contributed by atoms with van der Waals surface area (Å²) in [6.07, 6.45) is 0.346. The van der Waals surface area contributed by atoms with Crippen LogP contribution in [0.25, 0.3) is 0 Å². The quantitative estimate of drug-likeness (QED) is 0.844. The molecule has 0 N–H and O–H groups in total. The second-order valence-corrected chi connectivity index (χ2v) is 6.79. The van der Waals surface area contributed by atoms with Gasteiger partial charge in [0, 0.05) is 12.8 Å². The first-order valence-electron chi connectivity index (χ1n) is 6.14. The fourth-order valence-corrected chi connectivity index (χ4v) is 2.80. The SMILES string of the molecule is COc1ccc(S(C)(=O)=O)cc1C(=O)N1CC[C@H](F)C1. The highest BCUT2D eigenvalue weighted by Gasteiger charge is 2.28. The van der Waals surface area contributed by atoms with Gasteiger partial charge < -0.3 is 9.64 Å². The summed E-state index contributed by atoms with van der Waals surface area (Å²) in [4.78, 5) is 13.7. The number of carbonyl (C=O) groups excluding carboxylic acids is 1. The molecule has 1 aromatic carbocycles. The highest BCUT2D eigenvalue weighted by atomic mass is 32.2. The highest BCUT2D eigenvalue weighted by molar-refractivity contribution is 7.90. The topological polar surface area (TPSA) is 63.7 Å². The van der Waals surface area contributed by atoms with Crippen molar-refractivity contribution in [3.63, 3.8) is 0 Å². The largest absolute Gasteiger partial charge is 0.496 e. The van der Waals surface area contributed by atoms with Crippen LogP contribution in [0.15, 0.2) is 23.1 Å². The Balaban J connectivity index is 2.40. The van der Waals surface area contributed by atoms with E-state index in [1.54, 1.807) is 0 Å². The first kappa shape index (κ1) is 14.8. The Labute approximate surface area is 117 Å². The fourth-order valence-electron chi connectivity index (χ4n) is 2.16. The van der Waals surface area contributed by atoms with E-state index in [0.717, 1.165) is 6.26 Å². The molecule has 5 nitrogen and oxygen atoms in total. The standard InChI is InChI=1S/C13H16FNO4S/c1-19-12-4-3-10(20(2,17)18)7-11(12)13(16)15-6-5-9(14)8-15/h3-4,7,9H,5-6,8H2,1-2H3/t9-/m0/s1. The zero-order valence-electron chi connectivity index (χ0n) is 11.3. The van der Waals surface area contributed by atoms with Crippen molar-refractivity contribution in [3.8, 4) is 5.75 Å². The lowest BCUT2D eigenvalue weighted by atomic mass is 10.1. The molecule has 0 saturated carbocycles. The van der Waals surface area contributed by atoms with Gasteiger partial charge in [-0.2, -0.15) is 0 Å². The van der Waals surface area contributed by atoms with Gasteiger partial charge in [-0.25, -0.2) is 12.8 Å². The van der Waals surface area contributed by atoms with Crippen LogP contribution in [-0.4, -0.2) is 51.9 Å². The molecule has 0 aliphatic carbocycles. The third kappa shape index (κ3) is 2.92. The molecule has 1 aromatic rings. The number of halogens is 1. The summed E-state index contributed by atoms with van der Waals surface area (Å²) in [7, 11) is -2.02. The van der Waals surface area contributed by atoms with E-state index in [1.165, 1.54) is 30.2 Å². The van der Waals surface area contributed by atoms with Gasteiger partial charge in [0.25, 0.3) is 5.91 Å². The summed E-state index contributed by atoms with van der Waals surface area (Å²) in [5.41, 5.74) is 0.143. The molecule has 2 rings (SSSR count). The minimum atomic E-state index is -3.42. The molecule has 1 heterocycles. The molecule has 20 heavy (non-hydrogen) atoms. The van der Waals surface area contributed by atoms with Crippen molar-refractivity contribution in [2.45, 2.75) is 17.5 Å². The molecule has 1 amide bonds. The van der Waals surface area contributed by atoms with E-state index in [1.807, 2.05) is 0 Å². The van der Waals surface area contributed by atoms with Crippen molar-refractivity contribution in [1.29, 1.82) is 0 Å². The van der Waals surface area contributed by atoms with Crippen molar-refractivity contribution in [2.24, 2.45) is 0 Å². The maximum Gasteiger partial charge on any atom is 0.257 e. The molecule has 0 radical (unpaired) electrons. The maximum atomic E-state index is 13.2. The lowest BCUT2D eigenvalue weighted by molar-refractivity contribution is 0.0779. The molecule has 0 unspecified atom stereocenters. The molecule has 1 saturated heterocycles. The number of carbonyl (C=O) groups is 1. The highest BCUT2D eigenvalue weighted by Crippen LogP contribution is 2.25. The van der Waals surface area contributed by atoms with Gasteiger partial charge in [-0.3, -0.25) is 4.79 Å². The molecule has 0 aromatic heterocycles. The van der Waals surface area contributed by atoms with Crippen LogP contribution < -0.4 is 4.74 Å². The van der Waals surface area contributed by atoms with Gasteiger partial charge in [-0.1, -0.05) is 0 Å². The van der Waals surface area contributed by atoms with Crippen molar-refractivity contribution in [2.75, 3.05) is 26.5 Å². The predicted molar refractivity (Wildman–Crippen MR) is 71.5 cm³/mol. The Hall–Kier alpha value is -1.63. The van der Waals surface area contributed by atoms with E-state index in [9.17, 15) is 17.6 Å². The van der Waals surface area contributed by atoms with Crippen LogP contribution in [0.4, 0.5) is 4.39 Å². The van der Waals surface area contributed by atoms with Gasteiger partial charge in [0.05, 0.1) is 24.1 Å². The predicted octanol–water partition coefficient (Wildman–Crippen LogP) is 1.28. The number of rotatable bonds is 3. The summed E-state index contributed by atoms with van der Waals surface area (Å²) < 4.78 is 41.4. The summed E-state index contributed by atoms with van der Waals surface area (Å²) in [6, 6.07) is 4.10. The van der Waals surface area contributed by atoms with Crippen LogP contribution in [0.1, 0.15) is 16.8 Å².